The zero-order chi connectivity index (χ0) is 23.5. The van der Waals surface area contributed by atoms with Crippen LogP contribution < -0.4 is 14.2 Å². The Balaban J connectivity index is 2.25. The number of methoxy groups -OCH3 is 3. The SMILES string of the molecule is COc1cc(OC)c(C(c2ccccc2C(F)(F)F)N2CCCC(C(=O)O)C2)cc1OC. The number of benzene rings is 2. The fourth-order valence-corrected chi connectivity index (χ4v) is 4.26. The van der Waals surface area contributed by atoms with Gasteiger partial charge in [-0.2, -0.15) is 13.2 Å². The number of likely N-dealkylation sites (tertiary alicyclic amines) is 1. The molecule has 1 saturated heterocycles. The van der Waals surface area contributed by atoms with E-state index in [0.29, 0.717) is 42.2 Å². The summed E-state index contributed by atoms with van der Waals surface area (Å²) >= 11 is 0. The first-order valence-corrected chi connectivity index (χ1v) is 10.1. The summed E-state index contributed by atoms with van der Waals surface area (Å²) in [4.78, 5) is 13.4. The summed E-state index contributed by atoms with van der Waals surface area (Å²) in [6, 6.07) is 7.61. The van der Waals surface area contributed by atoms with Gasteiger partial charge in [0.1, 0.15) is 5.75 Å². The van der Waals surface area contributed by atoms with Gasteiger partial charge in [0.15, 0.2) is 11.5 Å². The van der Waals surface area contributed by atoms with Gasteiger partial charge in [-0.3, -0.25) is 9.69 Å². The van der Waals surface area contributed by atoms with E-state index < -0.39 is 29.7 Å². The number of carbonyl (C=O) groups is 1. The monoisotopic (exact) mass is 453 g/mol. The second kappa shape index (κ2) is 9.68. The summed E-state index contributed by atoms with van der Waals surface area (Å²) in [5.74, 6) is -0.600. The Kier molecular flexibility index (Phi) is 7.18. The second-order valence-corrected chi connectivity index (χ2v) is 7.61. The van der Waals surface area contributed by atoms with Crippen LogP contribution >= 0.6 is 0 Å². The van der Waals surface area contributed by atoms with Gasteiger partial charge in [0.05, 0.1) is 38.9 Å². The zero-order valence-electron chi connectivity index (χ0n) is 18.1. The Morgan fingerprint density at radius 1 is 1.03 bits per heavy atom. The van der Waals surface area contributed by atoms with Crippen LogP contribution in [-0.4, -0.2) is 50.4 Å². The van der Waals surface area contributed by atoms with E-state index in [-0.39, 0.29) is 12.1 Å². The summed E-state index contributed by atoms with van der Waals surface area (Å²) in [5, 5.41) is 9.55. The van der Waals surface area contributed by atoms with Crippen LogP contribution in [0.4, 0.5) is 13.2 Å². The highest BCUT2D eigenvalue weighted by atomic mass is 19.4. The average Bonchev–Trinajstić information content (AvgIpc) is 2.78. The van der Waals surface area contributed by atoms with Crippen LogP contribution in [0, 0.1) is 5.92 Å². The van der Waals surface area contributed by atoms with Crippen molar-refractivity contribution >= 4 is 5.97 Å². The molecule has 174 valence electrons. The topological polar surface area (TPSA) is 68.2 Å². The highest BCUT2D eigenvalue weighted by Crippen LogP contribution is 2.45. The summed E-state index contributed by atoms with van der Waals surface area (Å²) in [6.07, 6.45) is -3.56. The van der Waals surface area contributed by atoms with Gasteiger partial charge in [-0.1, -0.05) is 18.2 Å². The van der Waals surface area contributed by atoms with Crippen molar-refractivity contribution in [2.45, 2.75) is 25.1 Å². The van der Waals surface area contributed by atoms with E-state index in [1.807, 2.05) is 0 Å². The second-order valence-electron chi connectivity index (χ2n) is 7.61. The van der Waals surface area contributed by atoms with Gasteiger partial charge < -0.3 is 19.3 Å². The number of ether oxygens (including phenoxy) is 3. The van der Waals surface area contributed by atoms with E-state index in [4.69, 9.17) is 14.2 Å². The van der Waals surface area contributed by atoms with Gasteiger partial charge >= 0.3 is 12.1 Å². The molecule has 1 aliphatic rings. The Morgan fingerprint density at radius 3 is 2.25 bits per heavy atom. The van der Waals surface area contributed by atoms with Crippen LogP contribution in [0.25, 0.3) is 0 Å². The first-order chi connectivity index (χ1) is 15.2. The van der Waals surface area contributed by atoms with E-state index >= 15 is 0 Å². The van der Waals surface area contributed by atoms with Crippen LogP contribution in [0.1, 0.15) is 35.6 Å². The van der Waals surface area contributed by atoms with Crippen LogP contribution in [0.3, 0.4) is 0 Å². The third-order valence-electron chi connectivity index (χ3n) is 5.76. The molecule has 9 heteroatoms. The predicted molar refractivity (Wildman–Crippen MR) is 111 cm³/mol. The van der Waals surface area contributed by atoms with Crippen LogP contribution in [0.2, 0.25) is 0 Å². The third-order valence-corrected chi connectivity index (χ3v) is 5.76. The summed E-state index contributed by atoms with van der Waals surface area (Å²) in [7, 11) is 4.32. The number of alkyl halides is 3. The molecular formula is C23H26F3NO5. The Labute approximate surface area is 184 Å². The molecule has 0 aliphatic carbocycles. The maximum absolute atomic E-state index is 14.0. The van der Waals surface area contributed by atoms with E-state index in [1.54, 1.807) is 23.1 Å². The van der Waals surface area contributed by atoms with E-state index in [1.165, 1.54) is 33.5 Å². The normalized spacial score (nSPS) is 18.1. The fraction of sp³-hybridized carbons (Fsp3) is 0.435. The number of nitrogens with zero attached hydrogens (tertiary/aromatic N) is 1. The minimum absolute atomic E-state index is 0.0246. The van der Waals surface area contributed by atoms with E-state index in [9.17, 15) is 23.1 Å². The van der Waals surface area contributed by atoms with Crippen LogP contribution in [0.15, 0.2) is 36.4 Å². The Bertz CT molecular complexity index is 963. The molecule has 2 aromatic carbocycles. The van der Waals surface area contributed by atoms with Crippen molar-refractivity contribution < 1.29 is 37.3 Å². The number of hydrogen-bond donors (Lipinski definition) is 1. The fourth-order valence-electron chi connectivity index (χ4n) is 4.26. The number of aliphatic carboxylic acids is 1. The molecular weight excluding hydrogens is 427 g/mol. The van der Waals surface area contributed by atoms with Crippen molar-refractivity contribution in [3.8, 4) is 17.2 Å². The molecule has 2 atom stereocenters. The van der Waals surface area contributed by atoms with Gasteiger partial charge in [-0.15, -0.1) is 0 Å². The van der Waals surface area contributed by atoms with Crippen molar-refractivity contribution in [2.24, 2.45) is 5.92 Å². The molecule has 3 rings (SSSR count). The van der Waals surface area contributed by atoms with Gasteiger partial charge in [0.25, 0.3) is 0 Å². The third kappa shape index (κ3) is 4.77. The van der Waals surface area contributed by atoms with Gasteiger partial charge in [0, 0.05) is 18.2 Å². The largest absolute Gasteiger partial charge is 0.496 e. The van der Waals surface area contributed by atoms with Crippen molar-refractivity contribution in [3.63, 3.8) is 0 Å². The molecule has 1 heterocycles. The lowest BCUT2D eigenvalue weighted by atomic mass is 9.88. The number of piperidine rings is 1. The highest BCUT2D eigenvalue weighted by Gasteiger charge is 2.40. The maximum Gasteiger partial charge on any atom is 0.416 e. The minimum atomic E-state index is -4.58. The molecule has 1 N–H and O–H groups in total. The van der Waals surface area contributed by atoms with Crippen molar-refractivity contribution in [1.82, 2.24) is 4.90 Å². The maximum atomic E-state index is 14.0. The molecule has 0 saturated carbocycles. The molecule has 0 spiro atoms. The molecule has 0 amide bonds. The number of carboxylic acid groups (broad SMARTS) is 1. The predicted octanol–water partition coefficient (Wildman–Crippen LogP) is 4.62. The smallest absolute Gasteiger partial charge is 0.416 e. The van der Waals surface area contributed by atoms with Gasteiger partial charge in [-0.25, -0.2) is 0 Å². The van der Waals surface area contributed by atoms with Gasteiger partial charge in [0.2, 0.25) is 0 Å². The number of rotatable bonds is 7. The first kappa shape index (κ1) is 23.7. The van der Waals surface area contributed by atoms with E-state index in [2.05, 4.69) is 0 Å². The number of carboxylic acids is 1. The minimum Gasteiger partial charge on any atom is -0.496 e. The zero-order valence-corrected chi connectivity index (χ0v) is 18.1. The first-order valence-electron chi connectivity index (χ1n) is 10.1. The van der Waals surface area contributed by atoms with Crippen molar-refractivity contribution in [1.29, 1.82) is 0 Å². The summed E-state index contributed by atoms with van der Waals surface area (Å²) in [6.45, 7) is 0.557. The molecule has 1 fully saturated rings. The lowest BCUT2D eigenvalue weighted by Gasteiger charge is -2.39. The summed E-state index contributed by atoms with van der Waals surface area (Å²) < 4.78 is 58.1. The molecule has 32 heavy (non-hydrogen) atoms. The Morgan fingerprint density at radius 2 is 1.66 bits per heavy atom. The van der Waals surface area contributed by atoms with Gasteiger partial charge in [-0.05, 0) is 37.1 Å². The lowest BCUT2D eigenvalue weighted by molar-refractivity contribution is -0.144. The van der Waals surface area contributed by atoms with Crippen molar-refractivity contribution in [3.05, 3.63) is 53.1 Å². The molecule has 2 unspecified atom stereocenters. The Hall–Kier alpha value is -2.94. The highest BCUT2D eigenvalue weighted by molar-refractivity contribution is 5.70. The standard InChI is InChI=1S/C23H26F3NO5/c1-30-18-12-20(32-3)19(31-2)11-16(18)21(27-10-6-7-14(13-27)22(28)29)15-8-4-5-9-17(15)23(24,25)26/h4-5,8-9,11-12,14,21H,6-7,10,13H2,1-3H3,(H,28,29). The quantitative estimate of drug-likeness (QED) is 0.660. The number of hydrogen-bond acceptors (Lipinski definition) is 5. The molecule has 1 aliphatic heterocycles. The molecule has 0 bridgehead atoms. The molecule has 0 radical (unpaired) electrons. The summed E-state index contributed by atoms with van der Waals surface area (Å²) in [5.41, 5.74) is -0.316. The van der Waals surface area contributed by atoms with Crippen LogP contribution in [-0.2, 0) is 11.0 Å². The molecule has 0 aromatic heterocycles. The van der Waals surface area contributed by atoms with Crippen LogP contribution in [0.5, 0.6) is 17.2 Å². The number of halogens is 3. The van der Waals surface area contributed by atoms with E-state index in [0.717, 1.165) is 6.07 Å². The molecule has 6 nitrogen and oxygen atoms in total. The lowest BCUT2D eigenvalue weighted by Crippen LogP contribution is -2.41. The van der Waals surface area contributed by atoms with Crippen molar-refractivity contribution in [2.75, 3.05) is 34.4 Å². The molecule has 2 aromatic rings. The average molecular weight is 453 g/mol.